The number of rotatable bonds is 5. The molecule has 0 aromatic carbocycles. The maximum absolute atomic E-state index is 10.5. The van der Waals surface area contributed by atoms with Crippen molar-refractivity contribution in [3.8, 4) is 0 Å². The lowest BCUT2D eigenvalue weighted by Crippen LogP contribution is -2.35. The number of aryl methyl sites for hydroxylation is 1. The molecule has 0 spiro atoms. The second-order valence-electron chi connectivity index (χ2n) is 5.61. The SMILES string of the molecule is Cn1cnc2ncnc(N3CCC(CCN[SH](=O)=O)CC3)c21. The lowest BCUT2D eigenvalue weighted by atomic mass is 9.93. The zero-order valence-electron chi connectivity index (χ0n) is 12.5. The number of piperidine rings is 1. The van der Waals surface area contributed by atoms with Gasteiger partial charge in [0.2, 0.25) is 10.9 Å². The maximum Gasteiger partial charge on any atom is 0.201 e. The number of hydrogen-bond acceptors (Lipinski definition) is 6. The molecule has 0 bridgehead atoms. The molecule has 2 aromatic rings. The Kier molecular flexibility index (Phi) is 4.53. The summed E-state index contributed by atoms with van der Waals surface area (Å²) in [5.74, 6) is 1.49. The molecule has 1 aliphatic rings. The Labute approximate surface area is 130 Å². The highest BCUT2D eigenvalue weighted by Crippen LogP contribution is 2.27. The van der Waals surface area contributed by atoms with Gasteiger partial charge in [0.15, 0.2) is 11.5 Å². The maximum atomic E-state index is 10.5. The quantitative estimate of drug-likeness (QED) is 0.757. The number of anilines is 1. The van der Waals surface area contributed by atoms with E-state index in [-0.39, 0.29) is 0 Å². The highest BCUT2D eigenvalue weighted by molar-refractivity contribution is 7.70. The van der Waals surface area contributed by atoms with Crippen LogP contribution in [0.2, 0.25) is 0 Å². The van der Waals surface area contributed by atoms with Crippen molar-refractivity contribution in [2.75, 3.05) is 24.5 Å². The number of nitrogens with zero attached hydrogens (tertiary/aromatic N) is 5. The zero-order valence-corrected chi connectivity index (χ0v) is 13.4. The third-order valence-electron chi connectivity index (χ3n) is 4.20. The number of aromatic nitrogens is 4. The molecule has 3 rings (SSSR count). The second kappa shape index (κ2) is 6.57. The van der Waals surface area contributed by atoms with Gasteiger partial charge in [-0.15, -0.1) is 0 Å². The van der Waals surface area contributed by atoms with E-state index in [2.05, 4.69) is 24.6 Å². The van der Waals surface area contributed by atoms with E-state index in [0.29, 0.717) is 12.5 Å². The first-order chi connectivity index (χ1) is 10.6. The molecule has 0 saturated carbocycles. The van der Waals surface area contributed by atoms with E-state index in [1.165, 1.54) is 0 Å². The van der Waals surface area contributed by atoms with Gasteiger partial charge >= 0.3 is 0 Å². The Balaban J connectivity index is 1.64. The molecular weight excluding hydrogens is 304 g/mol. The molecule has 2 aromatic heterocycles. The van der Waals surface area contributed by atoms with Gasteiger partial charge in [0.05, 0.1) is 6.33 Å². The minimum atomic E-state index is -2.48. The molecule has 22 heavy (non-hydrogen) atoms. The summed E-state index contributed by atoms with van der Waals surface area (Å²) in [6.07, 6.45) is 6.29. The minimum Gasteiger partial charge on any atom is -0.355 e. The van der Waals surface area contributed by atoms with Crippen molar-refractivity contribution in [1.82, 2.24) is 24.2 Å². The van der Waals surface area contributed by atoms with Crippen molar-refractivity contribution in [1.29, 1.82) is 0 Å². The van der Waals surface area contributed by atoms with Crippen LogP contribution in [0, 0.1) is 5.92 Å². The van der Waals surface area contributed by atoms with Crippen LogP contribution in [0.25, 0.3) is 11.2 Å². The number of fused-ring (bicyclic) bond motifs is 1. The number of imidazole rings is 1. The van der Waals surface area contributed by atoms with Crippen LogP contribution in [0.1, 0.15) is 19.3 Å². The standard InChI is InChI=1S/C13H20N6O2S/c1-18-9-16-12-11(18)13(15-8-14-12)19-6-3-10(4-7-19)2-5-17-22(20)21/h8-10,22H,2-7H2,1H3,(H,17,20,21). The zero-order chi connectivity index (χ0) is 15.5. The van der Waals surface area contributed by atoms with Gasteiger partial charge < -0.3 is 9.47 Å². The highest BCUT2D eigenvalue weighted by Gasteiger charge is 2.22. The number of thiol groups is 1. The van der Waals surface area contributed by atoms with Gasteiger partial charge in [-0.3, -0.25) is 0 Å². The molecule has 1 fully saturated rings. The van der Waals surface area contributed by atoms with Gasteiger partial charge in [0.1, 0.15) is 11.8 Å². The highest BCUT2D eigenvalue weighted by atomic mass is 32.2. The van der Waals surface area contributed by atoms with E-state index in [1.54, 1.807) is 12.7 Å². The largest absolute Gasteiger partial charge is 0.355 e. The van der Waals surface area contributed by atoms with Crippen LogP contribution < -0.4 is 9.62 Å². The summed E-state index contributed by atoms with van der Waals surface area (Å²) in [5.41, 5.74) is 1.68. The molecule has 120 valence electrons. The lowest BCUT2D eigenvalue weighted by Gasteiger charge is -2.33. The van der Waals surface area contributed by atoms with Crippen LogP contribution >= 0.6 is 0 Å². The molecule has 0 aliphatic carbocycles. The van der Waals surface area contributed by atoms with Crippen molar-refractivity contribution >= 4 is 27.9 Å². The predicted octanol–water partition coefficient (Wildman–Crippen LogP) is 0.0858. The summed E-state index contributed by atoms with van der Waals surface area (Å²) >= 11 is 0. The molecule has 9 heteroatoms. The van der Waals surface area contributed by atoms with Crippen molar-refractivity contribution in [3.63, 3.8) is 0 Å². The first-order valence-electron chi connectivity index (χ1n) is 7.40. The molecule has 1 N–H and O–H groups in total. The van der Waals surface area contributed by atoms with Gasteiger partial charge in [-0.25, -0.2) is 28.1 Å². The number of nitrogens with one attached hydrogen (secondary N) is 1. The Morgan fingerprint density at radius 2 is 2.05 bits per heavy atom. The second-order valence-corrected chi connectivity index (χ2v) is 6.44. The lowest BCUT2D eigenvalue weighted by molar-refractivity contribution is 0.381. The smallest absolute Gasteiger partial charge is 0.201 e. The van der Waals surface area contributed by atoms with Crippen molar-refractivity contribution in [2.24, 2.45) is 13.0 Å². The molecule has 3 heterocycles. The predicted molar refractivity (Wildman–Crippen MR) is 84.2 cm³/mol. The van der Waals surface area contributed by atoms with Crippen molar-refractivity contribution in [3.05, 3.63) is 12.7 Å². The fraction of sp³-hybridized carbons (Fsp3) is 0.615. The average molecular weight is 324 g/mol. The Morgan fingerprint density at radius 3 is 2.77 bits per heavy atom. The summed E-state index contributed by atoms with van der Waals surface area (Å²) in [6, 6.07) is 0. The van der Waals surface area contributed by atoms with Crippen molar-refractivity contribution in [2.45, 2.75) is 19.3 Å². The van der Waals surface area contributed by atoms with E-state index in [1.807, 2.05) is 11.6 Å². The molecule has 0 radical (unpaired) electrons. The number of hydrogen-bond donors (Lipinski definition) is 2. The van der Waals surface area contributed by atoms with Crippen molar-refractivity contribution < 1.29 is 8.42 Å². The summed E-state index contributed by atoms with van der Waals surface area (Å²) in [7, 11) is -0.528. The van der Waals surface area contributed by atoms with Gasteiger partial charge in [0, 0.05) is 26.7 Å². The summed E-state index contributed by atoms with van der Waals surface area (Å²) in [5, 5.41) is 0. The molecule has 1 saturated heterocycles. The molecule has 0 amide bonds. The summed E-state index contributed by atoms with van der Waals surface area (Å²) in [4.78, 5) is 15.2. The van der Waals surface area contributed by atoms with Crippen LogP contribution in [-0.2, 0) is 17.9 Å². The average Bonchev–Trinajstić information content (AvgIpc) is 2.89. The topological polar surface area (TPSA) is 93.0 Å². The third-order valence-corrected chi connectivity index (χ3v) is 4.68. The van der Waals surface area contributed by atoms with Gasteiger partial charge in [0.25, 0.3) is 0 Å². The van der Waals surface area contributed by atoms with Crippen LogP contribution in [0.3, 0.4) is 0 Å². The van der Waals surface area contributed by atoms with E-state index >= 15 is 0 Å². The molecule has 8 nitrogen and oxygen atoms in total. The third kappa shape index (κ3) is 3.20. The van der Waals surface area contributed by atoms with E-state index in [4.69, 9.17) is 0 Å². The molecule has 0 unspecified atom stereocenters. The van der Waals surface area contributed by atoms with Crippen LogP contribution in [-0.4, -0.2) is 47.6 Å². The molecule has 1 aliphatic heterocycles. The monoisotopic (exact) mass is 324 g/mol. The van der Waals surface area contributed by atoms with Gasteiger partial charge in [-0.1, -0.05) is 0 Å². The fourth-order valence-corrected chi connectivity index (χ4v) is 3.31. The van der Waals surface area contributed by atoms with E-state index < -0.39 is 10.9 Å². The normalized spacial score (nSPS) is 16.7. The van der Waals surface area contributed by atoms with E-state index in [9.17, 15) is 8.42 Å². The first kappa shape index (κ1) is 15.2. The minimum absolute atomic E-state index is 0.531. The Morgan fingerprint density at radius 1 is 1.27 bits per heavy atom. The summed E-state index contributed by atoms with van der Waals surface area (Å²) in [6.45, 7) is 2.37. The molecular formula is C13H20N6O2S. The van der Waals surface area contributed by atoms with Crippen LogP contribution in [0.15, 0.2) is 12.7 Å². The van der Waals surface area contributed by atoms with Gasteiger partial charge in [-0.05, 0) is 25.2 Å². The Hall–Kier alpha value is -1.74. The first-order valence-corrected chi connectivity index (χ1v) is 8.58. The van der Waals surface area contributed by atoms with E-state index in [0.717, 1.165) is 49.3 Å². The Bertz CT molecular complexity index is 712. The van der Waals surface area contributed by atoms with Gasteiger partial charge in [-0.2, -0.15) is 0 Å². The summed E-state index contributed by atoms with van der Waals surface area (Å²) < 4.78 is 25.4. The molecule has 0 atom stereocenters. The van der Waals surface area contributed by atoms with Crippen LogP contribution in [0.5, 0.6) is 0 Å². The fourth-order valence-electron chi connectivity index (χ4n) is 2.99. The van der Waals surface area contributed by atoms with Crippen LogP contribution in [0.4, 0.5) is 5.82 Å².